The van der Waals surface area contributed by atoms with E-state index in [9.17, 15) is 18.0 Å². The van der Waals surface area contributed by atoms with Crippen LogP contribution in [0.3, 0.4) is 0 Å². The van der Waals surface area contributed by atoms with Crippen molar-refractivity contribution in [1.82, 2.24) is 5.32 Å². The third-order valence-electron chi connectivity index (χ3n) is 4.72. The number of hydrogen-bond acceptors (Lipinski definition) is 2. The van der Waals surface area contributed by atoms with Crippen molar-refractivity contribution in [3.63, 3.8) is 0 Å². The molecule has 166 valence electrons. The number of amides is 1. The highest BCUT2D eigenvalue weighted by Crippen LogP contribution is 2.27. The van der Waals surface area contributed by atoms with Gasteiger partial charge in [-0.2, -0.15) is 13.2 Å². The van der Waals surface area contributed by atoms with Crippen molar-refractivity contribution in [2.45, 2.75) is 32.9 Å². The van der Waals surface area contributed by atoms with Gasteiger partial charge in [-0.1, -0.05) is 42.8 Å². The largest absolute Gasteiger partial charge is 0.407 e. The molecule has 0 bridgehead atoms. The molecule has 1 unspecified atom stereocenters. The van der Waals surface area contributed by atoms with Gasteiger partial charge >= 0.3 is 6.18 Å². The van der Waals surface area contributed by atoms with Gasteiger partial charge in [-0.25, -0.2) is 0 Å². The Bertz CT molecular complexity index is 980. The van der Waals surface area contributed by atoms with Gasteiger partial charge in [0.15, 0.2) is 0 Å². The average Bonchev–Trinajstić information content (AvgIpc) is 2.68. The van der Waals surface area contributed by atoms with E-state index < -0.39 is 18.6 Å². The molecule has 0 heterocycles. The number of alkyl halides is 3. The van der Waals surface area contributed by atoms with E-state index in [4.69, 9.17) is 11.6 Å². The van der Waals surface area contributed by atoms with E-state index in [1.54, 1.807) is 12.1 Å². The number of halogens is 5. The van der Waals surface area contributed by atoms with E-state index in [1.807, 2.05) is 32.1 Å². The first kappa shape index (κ1) is 25.1. The lowest BCUT2D eigenvalue weighted by atomic mass is 9.96. The summed E-state index contributed by atoms with van der Waals surface area (Å²) in [5, 5.41) is 3.26. The predicted molar refractivity (Wildman–Crippen MR) is 124 cm³/mol. The number of aryl methyl sites for hydroxylation is 1. The molecule has 31 heavy (non-hydrogen) atoms. The Kier molecular flexibility index (Phi) is 8.89. The number of carbonyl (C=O) groups is 1. The molecule has 2 aromatic carbocycles. The lowest BCUT2D eigenvalue weighted by Gasteiger charge is -2.12. The third kappa shape index (κ3) is 7.82. The molecule has 1 N–H and O–H groups in total. The lowest BCUT2D eigenvalue weighted by Crippen LogP contribution is -2.26. The maximum absolute atomic E-state index is 12.2. The molecule has 0 aliphatic rings. The van der Waals surface area contributed by atoms with Crippen LogP contribution in [-0.2, 0) is 0 Å². The molecule has 2 aromatic rings. The van der Waals surface area contributed by atoms with Crippen LogP contribution in [0.1, 0.15) is 45.5 Å². The molecule has 2 rings (SSSR count). The molecule has 0 aliphatic heterocycles. The van der Waals surface area contributed by atoms with Gasteiger partial charge < -0.3 is 5.32 Å². The summed E-state index contributed by atoms with van der Waals surface area (Å²) in [7, 11) is 0. The second-order valence-corrected chi connectivity index (χ2v) is 8.44. The summed E-state index contributed by atoms with van der Waals surface area (Å²) < 4.78 is 36.7. The zero-order valence-electron chi connectivity index (χ0n) is 17.4. The van der Waals surface area contributed by atoms with Gasteiger partial charge in [0.25, 0.3) is 5.91 Å². The second kappa shape index (κ2) is 11.0. The Morgan fingerprint density at radius 1 is 1.26 bits per heavy atom. The summed E-state index contributed by atoms with van der Waals surface area (Å²) in [5.74, 6) is -0.256. The van der Waals surface area contributed by atoms with Crippen LogP contribution < -0.4 is 5.32 Å². The molecular weight excluding hydrogens is 493 g/mol. The van der Waals surface area contributed by atoms with E-state index in [0.29, 0.717) is 10.0 Å². The second-order valence-electron chi connectivity index (χ2n) is 7.18. The van der Waals surface area contributed by atoms with Gasteiger partial charge in [-0.3, -0.25) is 9.79 Å². The summed E-state index contributed by atoms with van der Waals surface area (Å²) in [6.07, 6.45) is 0.703. The fraction of sp³-hybridized carbons (Fsp3) is 0.304. The maximum atomic E-state index is 12.2. The fourth-order valence-corrected chi connectivity index (χ4v) is 3.61. The molecule has 1 amide bonds. The molecule has 0 fully saturated rings. The quantitative estimate of drug-likeness (QED) is 0.400. The molecule has 0 spiro atoms. The van der Waals surface area contributed by atoms with Gasteiger partial charge in [0, 0.05) is 15.7 Å². The molecule has 0 saturated carbocycles. The molecule has 0 aliphatic carbocycles. The van der Waals surface area contributed by atoms with Crippen LogP contribution in [0, 0.1) is 13.8 Å². The van der Waals surface area contributed by atoms with Crippen molar-refractivity contribution in [1.29, 1.82) is 0 Å². The topological polar surface area (TPSA) is 41.5 Å². The van der Waals surface area contributed by atoms with E-state index in [-0.39, 0.29) is 12.5 Å². The first-order valence-electron chi connectivity index (χ1n) is 9.55. The summed E-state index contributed by atoms with van der Waals surface area (Å²) in [6, 6.07) is 9.36. The normalized spacial score (nSPS) is 13.2. The Morgan fingerprint density at radius 3 is 2.58 bits per heavy atom. The molecule has 0 radical (unpaired) electrons. The smallest absolute Gasteiger partial charge is 0.347 e. The predicted octanol–water partition coefficient (Wildman–Crippen LogP) is 6.90. The molecule has 0 aromatic heterocycles. The standard InChI is InChI=1S/C23H23BrClF3N2O/c1-14(18-10-15(2)16(3)21(25)12-18)4-5-17-6-7-19(20(24)11-17)22(31)30-9-8-29-13-23(26,27)28/h4-8,10-12,14H,9,13H2,1-3H3,(H,30,31)/b5-4-,29-8+. The van der Waals surface area contributed by atoms with Crippen molar-refractivity contribution in [3.8, 4) is 0 Å². The number of nitrogens with zero attached hydrogens (tertiary/aromatic N) is 1. The summed E-state index contributed by atoms with van der Waals surface area (Å²) in [4.78, 5) is 15.5. The van der Waals surface area contributed by atoms with Crippen LogP contribution in [0.5, 0.6) is 0 Å². The number of aliphatic imine (C=N–C) groups is 1. The number of hydrogen-bond donors (Lipinski definition) is 1. The minimum Gasteiger partial charge on any atom is -0.347 e. The van der Waals surface area contributed by atoms with E-state index in [1.165, 1.54) is 0 Å². The van der Waals surface area contributed by atoms with Gasteiger partial charge in [-0.15, -0.1) is 0 Å². The van der Waals surface area contributed by atoms with Crippen molar-refractivity contribution in [2.75, 3.05) is 13.1 Å². The van der Waals surface area contributed by atoms with Gasteiger partial charge in [0.2, 0.25) is 0 Å². The number of carbonyl (C=O) groups excluding carboxylic acids is 1. The van der Waals surface area contributed by atoms with Crippen LogP contribution in [-0.4, -0.2) is 31.4 Å². The number of rotatable bonds is 7. The Labute approximate surface area is 193 Å². The lowest BCUT2D eigenvalue weighted by molar-refractivity contribution is -0.118. The first-order valence-corrected chi connectivity index (χ1v) is 10.7. The Morgan fingerprint density at radius 2 is 1.97 bits per heavy atom. The number of benzene rings is 2. The average molecular weight is 516 g/mol. The third-order valence-corrected chi connectivity index (χ3v) is 5.77. The summed E-state index contributed by atoms with van der Waals surface area (Å²) >= 11 is 9.68. The maximum Gasteiger partial charge on any atom is 0.407 e. The van der Waals surface area contributed by atoms with Gasteiger partial charge in [0.05, 0.1) is 12.1 Å². The molecular formula is C23H23BrClF3N2O. The van der Waals surface area contributed by atoms with Crippen LogP contribution in [0.25, 0.3) is 6.08 Å². The van der Waals surface area contributed by atoms with E-state index in [2.05, 4.69) is 45.3 Å². The minimum atomic E-state index is -4.35. The number of nitrogens with one attached hydrogen (secondary N) is 1. The minimum absolute atomic E-state index is 0.0843. The summed E-state index contributed by atoms with van der Waals surface area (Å²) in [5.41, 5.74) is 4.62. The highest BCUT2D eigenvalue weighted by atomic mass is 79.9. The monoisotopic (exact) mass is 514 g/mol. The summed E-state index contributed by atoms with van der Waals surface area (Å²) in [6.45, 7) is 4.75. The highest BCUT2D eigenvalue weighted by Gasteiger charge is 2.25. The zero-order valence-corrected chi connectivity index (χ0v) is 19.7. The van der Waals surface area contributed by atoms with Crippen molar-refractivity contribution in [3.05, 3.63) is 73.7 Å². The first-order chi connectivity index (χ1) is 14.5. The van der Waals surface area contributed by atoms with Crippen molar-refractivity contribution in [2.24, 2.45) is 4.99 Å². The molecule has 1 atom stereocenters. The van der Waals surface area contributed by atoms with E-state index >= 15 is 0 Å². The van der Waals surface area contributed by atoms with Crippen LogP contribution in [0.4, 0.5) is 13.2 Å². The van der Waals surface area contributed by atoms with Crippen molar-refractivity contribution < 1.29 is 18.0 Å². The van der Waals surface area contributed by atoms with Crippen LogP contribution in [0.2, 0.25) is 5.02 Å². The van der Waals surface area contributed by atoms with Gasteiger partial charge in [-0.05, 0) is 76.1 Å². The highest BCUT2D eigenvalue weighted by molar-refractivity contribution is 9.10. The fourth-order valence-electron chi connectivity index (χ4n) is 2.76. The SMILES string of the molecule is Cc1cc(C(C)/C=C\c2ccc(C(=O)NC/C=N/CC(F)(F)F)c(Br)c2)cc(Cl)c1C. The molecule has 3 nitrogen and oxygen atoms in total. The van der Waals surface area contributed by atoms with Gasteiger partial charge in [0.1, 0.15) is 6.54 Å². The number of allylic oxidation sites excluding steroid dienone is 1. The van der Waals surface area contributed by atoms with Crippen LogP contribution >= 0.6 is 27.5 Å². The molecule has 8 heteroatoms. The van der Waals surface area contributed by atoms with Crippen molar-refractivity contribution >= 4 is 45.7 Å². The zero-order chi connectivity index (χ0) is 23.2. The van der Waals surface area contributed by atoms with E-state index in [0.717, 1.165) is 33.5 Å². The Hall–Kier alpha value is -2.12. The molecule has 0 saturated heterocycles. The van der Waals surface area contributed by atoms with Crippen LogP contribution in [0.15, 0.2) is 45.9 Å². The Balaban J connectivity index is 2.01.